The molecule has 5 nitrogen and oxygen atoms in total. The fraction of sp³-hybridized carbons (Fsp3) is 0.533. The number of benzene rings is 1. The van der Waals surface area contributed by atoms with E-state index in [-0.39, 0.29) is 5.91 Å². The highest BCUT2D eigenvalue weighted by molar-refractivity contribution is 5.80. The lowest BCUT2D eigenvalue weighted by atomic mass is 10.1. The molecular formula is C15H22N2O3. The third-order valence-electron chi connectivity index (χ3n) is 3.83. The summed E-state index contributed by atoms with van der Waals surface area (Å²) >= 11 is 0. The molecule has 110 valence electrons. The van der Waals surface area contributed by atoms with Crippen LogP contribution in [0.3, 0.4) is 0 Å². The predicted molar refractivity (Wildman–Crippen MR) is 77.0 cm³/mol. The number of methoxy groups -OCH3 is 2. The molecule has 2 N–H and O–H groups in total. The van der Waals surface area contributed by atoms with Crippen molar-refractivity contribution in [3.8, 4) is 11.5 Å². The highest BCUT2D eigenvalue weighted by atomic mass is 16.5. The largest absolute Gasteiger partial charge is 0.496 e. The lowest BCUT2D eigenvalue weighted by molar-refractivity contribution is -0.129. The first-order chi connectivity index (χ1) is 9.69. The molecule has 1 saturated heterocycles. The predicted octanol–water partition coefficient (Wildman–Crippen LogP) is 1.05. The van der Waals surface area contributed by atoms with Gasteiger partial charge in [0.2, 0.25) is 5.91 Å². The molecule has 1 aromatic rings. The lowest BCUT2D eigenvalue weighted by Crippen LogP contribution is -2.31. The maximum atomic E-state index is 12.4. The number of hydrogen-bond donors (Lipinski definition) is 1. The second-order valence-electron chi connectivity index (χ2n) is 5.05. The van der Waals surface area contributed by atoms with Crippen molar-refractivity contribution in [1.29, 1.82) is 0 Å². The minimum atomic E-state index is 0.101. The molecule has 1 fully saturated rings. The molecule has 0 unspecified atom stereocenters. The van der Waals surface area contributed by atoms with Gasteiger partial charge in [0, 0.05) is 18.7 Å². The second-order valence-corrected chi connectivity index (χ2v) is 5.05. The minimum absolute atomic E-state index is 0.101. The van der Waals surface area contributed by atoms with Crippen molar-refractivity contribution in [1.82, 2.24) is 4.90 Å². The fourth-order valence-corrected chi connectivity index (χ4v) is 2.62. The molecular weight excluding hydrogens is 256 g/mol. The average molecular weight is 278 g/mol. The summed E-state index contributed by atoms with van der Waals surface area (Å²) in [5.74, 6) is 1.90. The second kappa shape index (κ2) is 6.61. The van der Waals surface area contributed by atoms with E-state index in [1.807, 2.05) is 23.1 Å². The molecule has 0 aliphatic carbocycles. The Morgan fingerprint density at radius 3 is 2.50 bits per heavy atom. The van der Waals surface area contributed by atoms with Gasteiger partial charge in [0.05, 0.1) is 20.6 Å². The Morgan fingerprint density at radius 1 is 1.35 bits per heavy atom. The molecule has 1 heterocycles. The van der Waals surface area contributed by atoms with Gasteiger partial charge >= 0.3 is 0 Å². The zero-order valence-electron chi connectivity index (χ0n) is 12.1. The maximum Gasteiger partial charge on any atom is 0.227 e. The third kappa shape index (κ3) is 3.04. The van der Waals surface area contributed by atoms with Gasteiger partial charge in [-0.15, -0.1) is 0 Å². The van der Waals surface area contributed by atoms with Crippen molar-refractivity contribution in [2.75, 3.05) is 33.9 Å². The number of nitrogens with two attached hydrogens (primary N) is 1. The highest BCUT2D eigenvalue weighted by Crippen LogP contribution is 2.29. The number of hydrogen-bond acceptors (Lipinski definition) is 4. The van der Waals surface area contributed by atoms with Crippen molar-refractivity contribution >= 4 is 5.91 Å². The van der Waals surface area contributed by atoms with E-state index in [0.717, 1.165) is 25.1 Å². The number of rotatable bonds is 5. The van der Waals surface area contributed by atoms with Crippen LogP contribution in [0.25, 0.3) is 0 Å². The van der Waals surface area contributed by atoms with Gasteiger partial charge in [0.1, 0.15) is 11.5 Å². The van der Waals surface area contributed by atoms with E-state index in [1.165, 1.54) is 0 Å². The van der Waals surface area contributed by atoms with Crippen LogP contribution in [0.1, 0.15) is 12.0 Å². The van der Waals surface area contributed by atoms with Crippen LogP contribution in [-0.4, -0.2) is 44.7 Å². The van der Waals surface area contributed by atoms with Crippen LogP contribution in [0, 0.1) is 5.92 Å². The Morgan fingerprint density at radius 2 is 2.00 bits per heavy atom. The van der Waals surface area contributed by atoms with Crippen molar-refractivity contribution in [3.63, 3.8) is 0 Å². The summed E-state index contributed by atoms with van der Waals surface area (Å²) in [7, 11) is 3.20. The monoisotopic (exact) mass is 278 g/mol. The van der Waals surface area contributed by atoms with E-state index in [1.54, 1.807) is 14.2 Å². The molecule has 0 spiro atoms. The van der Waals surface area contributed by atoms with Gasteiger partial charge in [-0.1, -0.05) is 6.07 Å². The molecule has 20 heavy (non-hydrogen) atoms. The van der Waals surface area contributed by atoms with Crippen LogP contribution >= 0.6 is 0 Å². The van der Waals surface area contributed by atoms with Gasteiger partial charge in [-0.05, 0) is 31.0 Å². The fourth-order valence-electron chi connectivity index (χ4n) is 2.62. The van der Waals surface area contributed by atoms with E-state index in [0.29, 0.717) is 30.4 Å². The van der Waals surface area contributed by atoms with Crippen molar-refractivity contribution in [2.24, 2.45) is 11.7 Å². The molecule has 2 rings (SSSR count). The standard InChI is InChI=1S/C15H22N2O3/c1-19-13-4-3-5-14(20-2)12(13)8-15(18)17-7-6-11(9-16)10-17/h3-5,11H,6-10,16H2,1-2H3/t11-/m1/s1. The summed E-state index contributed by atoms with van der Waals surface area (Å²) < 4.78 is 10.6. The molecule has 1 aliphatic heterocycles. The summed E-state index contributed by atoms with van der Waals surface area (Å²) in [6, 6.07) is 5.54. The number of likely N-dealkylation sites (tertiary alicyclic amines) is 1. The van der Waals surface area contributed by atoms with Crippen LogP contribution < -0.4 is 15.2 Å². The SMILES string of the molecule is COc1cccc(OC)c1CC(=O)N1CC[C@H](CN)C1. The normalized spacial score (nSPS) is 18.1. The van der Waals surface area contributed by atoms with Crippen molar-refractivity contribution in [3.05, 3.63) is 23.8 Å². The van der Waals surface area contributed by atoms with Crippen LogP contribution in [0.5, 0.6) is 11.5 Å². The number of amides is 1. The van der Waals surface area contributed by atoms with Gasteiger partial charge in [0.15, 0.2) is 0 Å². The number of ether oxygens (including phenoxy) is 2. The van der Waals surface area contributed by atoms with Gasteiger partial charge in [-0.3, -0.25) is 4.79 Å². The highest BCUT2D eigenvalue weighted by Gasteiger charge is 2.26. The first-order valence-corrected chi connectivity index (χ1v) is 6.87. The van der Waals surface area contributed by atoms with Crippen molar-refractivity contribution < 1.29 is 14.3 Å². The van der Waals surface area contributed by atoms with Gasteiger partial charge in [-0.25, -0.2) is 0 Å². The van der Waals surface area contributed by atoms with Crippen LogP contribution in [-0.2, 0) is 11.2 Å². The Bertz CT molecular complexity index is 454. The zero-order valence-corrected chi connectivity index (χ0v) is 12.1. The Kier molecular flexibility index (Phi) is 4.84. The maximum absolute atomic E-state index is 12.4. The van der Waals surface area contributed by atoms with Crippen LogP contribution in [0.2, 0.25) is 0 Å². The Labute approximate surface area is 119 Å². The molecule has 1 amide bonds. The van der Waals surface area contributed by atoms with Crippen molar-refractivity contribution in [2.45, 2.75) is 12.8 Å². The third-order valence-corrected chi connectivity index (χ3v) is 3.83. The number of nitrogens with zero attached hydrogens (tertiary/aromatic N) is 1. The zero-order chi connectivity index (χ0) is 14.5. The van der Waals surface area contributed by atoms with Gasteiger partial charge < -0.3 is 20.1 Å². The number of carbonyl (C=O) groups excluding carboxylic acids is 1. The minimum Gasteiger partial charge on any atom is -0.496 e. The molecule has 0 aromatic heterocycles. The summed E-state index contributed by atoms with van der Waals surface area (Å²) in [4.78, 5) is 14.3. The molecule has 1 atom stereocenters. The summed E-state index contributed by atoms with van der Waals surface area (Å²) in [5.41, 5.74) is 6.47. The van der Waals surface area contributed by atoms with E-state index < -0.39 is 0 Å². The number of carbonyl (C=O) groups is 1. The molecule has 0 radical (unpaired) electrons. The van der Waals surface area contributed by atoms with E-state index in [4.69, 9.17) is 15.2 Å². The van der Waals surface area contributed by atoms with E-state index in [2.05, 4.69) is 0 Å². The summed E-state index contributed by atoms with van der Waals surface area (Å²) in [5, 5.41) is 0. The average Bonchev–Trinajstić information content (AvgIpc) is 2.96. The Balaban J connectivity index is 2.11. The molecule has 1 aliphatic rings. The van der Waals surface area contributed by atoms with E-state index >= 15 is 0 Å². The summed E-state index contributed by atoms with van der Waals surface area (Å²) in [6.45, 7) is 2.19. The van der Waals surface area contributed by atoms with Crippen LogP contribution in [0.15, 0.2) is 18.2 Å². The van der Waals surface area contributed by atoms with E-state index in [9.17, 15) is 4.79 Å². The smallest absolute Gasteiger partial charge is 0.227 e. The first kappa shape index (κ1) is 14.7. The molecule has 5 heteroatoms. The van der Waals surface area contributed by atoms with Gasteiger partial charge in [0.25, 0.3) is 0 Å². The Hall–Kier alpha value is -1.75. The molecule has 1 aromatic carbocycles. The molecule has 0 saturated carbocycles. The summed E-state index contributed by atoms with van der Waals surface area (Å²) in [6.07, 6.45) is 1.29. The van der Waals surface area contributed by atoms with Crippen LogP contribution in [0.4, 0.5) is 0 Å². The molecule has 0 bridgehead atoms. The lowest BCUT2D eigenvalue weighted by Gasteiger charge is -2.18. The quantitative estimate of drug-likeness (QED) is 0.874. The first-order valence-electron chi connectivity index (χ1n) is 6.87. The van der Waals surface area contributed by atoms with Gasteiger partial charge in [-0.2, -0.15) is 0 Å². The topological polar surface area (TPSA) is 64.8 Å².